The van der Waals surface area contributed by atoms with Crippen LogP contribution in [-0.2, 0) is 0 Å². The van der Waals surface area contributed by atoms with Crippen LogP contribution in [-0.4, -0.2) is 53.5 Å². The molecule has 2 fully saturated rings. The number of methoxy groups -OCH3 is 1. The van der Waals surface area contributed by atoms with Crippen LogP contribution in [0.5, 0.6) is 5.75 Å². The molecule has 0 bridgehead atoms. The Bertz CT molecular complexity index is 959. The van der Waals surface area contributed by atoms with Gasteiger partial charge in [0.1, 0.15) is 5.75 Å². The Morgan fingerprint density at radius 1 is 0.968 bits per heavy atom. The van der Waals surface area contributed by atoms with Gasteiger partial charge in [-0.05, 0) is 59.7 Å². The van der Waals surface area contributed by atoms with Crippen LogP contribution < -0.4 is 14.5 Å². The Labute approximate surface area is 183 Å². The molecule has 0 unspecified atom stereocenters. The summed E-state index contributed by atoms with van der Waals surface area (Å²) in [5.41, 5.74) is 2.55. The van der Waals surface area contributed by atoms with Gasteiger partial charge in [0, 0.05) is 11.3 Å². The average Bonchev–Trinajstić information content (AvgIpc) is 3.53. The summed E-state index contributed by atoms with van der Waals surface area (Å²) in [7, 11) is 1.71. The molecule has 5 rings (SSSR count). The van der Waals surface area contributed by atoms with Gasteiger partial charge in [-0.3, -0.25) is 0 Å². The van der Waals surface area contributed by atoms with Crippen LogP contribution in [0.3, 0.4) is 0 Å². The van der Waals surface area contributed by atoms with Gasteiger partial charge in [-0.15, -0.1) is 5.10 Å². The average molecular weight is 420 g/mol. The third-order valence-corrected chi connectivity index (χ3v) is 6.83. The van der Waals surface area contributed by atoms with Gasteiger partial charge in [0.2, 0.25) is 5.82 Å². The van der Waals surface area contributed by atoms with Crippen molar-refractivity contribution in [2.45, 2.75) is 37.8 Å². The number of benzene rings is 2. The number of tetrazole rings is 1. The fraction of sp³-hybridized carbons (Fsp3) is 0.458. The van der Waals surface area contributed by atoms with E-state index in [1.165, 1.54) is 41.8 Å². The zero-order valence-electron chi connectivity index (χ0n) is 18.2. The lowest BCUT2D eigenvalue weighted by molar-refractivity contribution is -0.927. The number of rotatable bonds is 6. The van der Waals surface area contributed by atoms with Gasteiger partial charge in [-0.25, -0.2) is 4.68 Å². The molecule has 0 amide bonds. The third kappa shape index (κ3) is 4.14. The number of nitrogens with zero attached hydrogens (tertiary/aromatic N) is 5. The molecule has 0 spiro atoms. The summed E-state index contributed by atoms with van der Waals surface area (Å²) >= 11 is 0. The molecule has 3 aromatic rings. The number of ether oxygens (including phenoxy) is 1. The molecule has 162 valence electrons. The van der Waals surface area contributed by atoms with E-state index in [1.54, 1.807) is 7.11 Å². The monoisotopic (exact) mass is 419 g/mol. The number of nitrogens with one attached hydrogen (secondary N) is 1. The smallest absolute Gasteiger partial charge is 0.214 e. The highest BCUT2D eigenvalue weighted by molar-refractivity contribution is 5.46. The summed E-state index contributed by atoms with van der Waals surface area (Å²) in [6, 6.07) is 19.7. The zero-order chi connectivity index (χ0) is 21.0. The molecule has 1 aliphatic carbocycles. The molecule has 31 heavy (non-hydrogen) atoms. The second-order valence-corrected chi connectivity index (χ2v) is 8.61. The van der Waals surface area contributed by atoms with Gasteiger partial charge < -0.3 is 14.5 Å². The summed E-state index contributed by atoms with van der Waals surface area (Å²) in [5, 5.41) is 13.1. The van der Waals surface area contributed by atoms with E-state index in [0.717, 1.165) is 37.8 Å². The molecule has 1 saturated heterocycles. The van der Waals surface area contributed by atoms with E-state index in [9.17, 15) is 0 Å². The van der Waals surface area contributed by atoms with Crippen molar-refractivity contribution in [3.63, 3.8) is 0 Å². The summed E-state index contributed by atoms with van der Waals surface area (Å²) in [4.78, 5) is 4.00. The van der Waals surface area contributed by atoms with Crippen molar-refractivity contribution < 1.29 is 9.64 Å². The number of para-hydroxylation sites is 1. The molecule has 1 aliphatic heterocycles. The quantitative estimate of drug-likeness (QED) is 0.664. The van der Waals surface area contributed by atoms with Crippen molar-refractivity contribution in [2.75, 3.05) is 38.2 Å². The molecule has 1 aromatic heterocycles. The SMILES string of the molecule is COc1ccc([C@H](c2nnnn2C2CCCC2)[NH+]2CCN(c3ccccc3)CC2)cc1. The lowest BCUT2D eigenvalue weighted by Gasteiger charge is -2.37. The molecular formula is C24H31N6O+. The first-order valence-corrected chi connectivity index (χ1v) is 11.4. The van der Waals surface area contributed by atoms with Gasteiger partial charge in [-0.2, -0.15) is 0 Å². The first kappa shape index (κ1) is 20.0. The molecule has 1 saturated carbocycles. The maximum atomic E-state index is 5.39. The number of quaternary nitrogens is 1. The Morgan fingerprint density at radius 3 is 2.35 bits per heavy atom. The highest BCUT2D eigenvalue weighted by Gasteiger charge is 2.36. The van der Waals surface area contributed by atoms with Crippen LogP contribution in [0.25, 0.3) is 0 Å². The van der Waals surface area contributed by atoms with Crippen LogP contribution in [0, 0.1) is 0 Å². The Kier molecular flexibility index (Phi) is 5.84. The van der Waals surface area contributed by atoms with Crippen molar-refractivity contribution >= 4 is 5.69 Å². The van der Waals surface area contributed by atoms with Crippen LogP contribution >= 0.6 is 0 Å². The number of anilines is 1. The molecule has 2 aromatic carbocycles. The maximum absolute atomic E-state index is 5.39. The topological polar surface area (TPSA) is 60.5 Å². The zero-order valence-corrected chi connectivity index (χ0v) is 18.2. The van der Waals surface area contributed by atoms with Crippen molar-refractivity contribution in [2.24, 2.45) is 0 Å². The summed E-state index contributed by atoms with van der Waals surface area (Å²) in [6.45, 7) is 4.14. The molecule has 2 heterocycles. The fourth-order valence-corrected chi connectivity index (χ4v) is 5.14. The lowest BCUT2D eigenvalue weighted by Crippen LogP contribution is -3.15. The molecular weight excluding hydrogens is 388 g/mol. The van der Waals surface area contributed by atoms with Crippen LogP contribution in [0.15, 0.2) is 54.6 Å². The number of hydrogen-bond donors (Lipinski definition) is 1. The molecule has 1 atom stereocenters. The first-order chi connectivity index (χ1) is 15.3. The second kappa shape index (κ2) is 9.06. The van der Waals surface area contributed by atoms with Crippen molar-refractivity contribution in [1.29, 1.82) is 0 Å². The van der Waals surface area contributed by atoms with E-state index < -0.39 is 0 Å². The van der Waals surface area contributed by atoms with Gasteiger partial charge in [-0.1, -0.05) is 31.0 Å². The van der Waals surface area contributed by atoms with E-state index in [1.807, 2.05) is 12.1 Å². The van der Waals surface area contributed by atoms with Crippen molar-refractivity contribution in [3.8, 4) is 5.75 Å². The summed E-state index contributed by atoms with van der Waals surface area (Å²) < 4.78 is 7.52. The van der Waals surface area contributed by atoms with Crippen LogP contribution in [0.1, 0.15) is 49.2 Å². The molecule has 0 radical (unpaired) electrons. The van der Waals surface area contributed by atoms with Crippen molar-refractivity contribution in [3.05, 3.63) is 66.0 Å². The first-order valence-electron chi connectivity index (χ1n) is 11.4. The maximum Gasteiger partial charge on any atom is 0.214 e. The number of hydrogen-bond acceptors (Lipinski definition) is 5. The highest BCUT2D eigenvalue weighted by atomic mass is 16.5. The summed E-state index contributed by atoms with van der Waals surface area (Å²) in [6.07, 6.45) is 4.87. The van der Waals surface area contributed by atoms with Gasteiger partial charge in [0.05, 0.1) is 39.3 Å². The van der Waals surface area contributed by atoms with Gasteiger partial charge in [0.25, 0.3) is 0 Å². The summed E-state index contributed by atoms with van der Waals surface area (Å²) in [5.74, 6) is 1.88. The van der Waals surface area contributed by atoms with Crippen LogP contribution in [0.4, 0.5) is 5.69 Å². The Balaban J connectivity index is 1.43. The predicted molar refractivity (Wildman–Crippen MR) is 120 cm³/mol. The minimum absolute atomic E-state index is 0.124. The largest absolute Gasteiger partial charge is 0.497 e. The molecule has 2 aliphatic rings. The molecule has 1 N–H and O–H groups in total. The van der Waals surface area contributed by atoms with E-state index in [-0.39, 0.29) is 6.04 Å². The number of aromatic nitrogens is 4. The Hall–Kier alpha value is -2.93. The standard InChI is InChI=1S/C24H30N6O/c1-31-22-13-11-19(12-14-22)23(24-25-26-27-30(24)21-9-5-6-10-21)29-17-15-28(16-18-29)20-7-3-2-4-8-20/h2-4,7-8,11-14,21,23H,5-6,9-10,15-18H2,1H3/p+1/t23-/m1/s1. The highest BCUT2D eigenvalue weighted by Crippen LogP contribution is 2.31. The van der Waals surface area contributed by atoms with Crippen LogP contribution in [0.2, 0.25) is 0 Å². The second-order valence-electron chi connectivity index (χ2n) is 8.61. The van der Waals surface area contributed by atoms with Gasteiger partial charge in [0.15, 0.2) is 6.04 Å². The number of piperazine rings is 1. The van der Waals surface area contributed by atoms with E-state index >= 15 is 0 Å². The van der Waals surface area contributed by atoms with E-state index in [4.69, 9.17) is 4.74 Å². The Morgan fingerprint density at radius 2 is 1.68 bits per heavy atom. The van der Waals surface area contributed by atoms with E-state index in [2.05, 4.69) is 67.6 Å². The third-order valence-electron chi connectivity index (χ3n) is 6.83. The fourth-order valence-electron chi connectivity index (χ4n) is 5.14. The van der Waals surface area contributed by atoms with E-state index in [0.29, 0.717) is 6.04 Å². The van der Waals surface area contributed by atoms with Crippen molar-refractivity contribution in [1.82, 2.24) is 20.2 Å². The molecule has 7 nitrogen and oxygen atoms in total. The lowest BCUT2D eigenvalue weighted by atomic mass is 10.0. The molecule has 7 heteroatoms. The normalized spacial score (nSPS) is 18.9. The predicted octanol–water partition coefficient (Wildman–Crippen LogP) is 2.29. The minimum atomic E-state index is 0.124. The van der Waals surface area contributed by atoms with Gasteiger partial charge >= 0.3 is 0 Å². The minimum Gasteiger partial charge on any atom is -0.497 e.